The lowest BCUT2D eigenvalue weighted by Crippen LogP contribution is -2.57. The van der Waals surface area contributed by atoms with Gasteiger partial charge in [0.25, 0.3) is 0 Å². The van der Waals surface area contributed by atoms with E-state index in [0.29, 0.717) is 38.0 Å². The summed E-state index contributed by atoms with van der Waals surface area (Å²) in [4.78, 5) is 43.3. The molecule has 74 heavy (non-hydrogen) atoms. The van der Waals surface area contributed by atoms with Crippen LogP contribution in [0.5, 0.6) is 0 Å². The average molecular weight is 1010 g/mol. The van der Waals surface area contributed by atoms with Crippen LogP contribution in [0.3, 0.4) is 0 Å². The molecule has 2 heterocycles. The lowest BCUT2D eigenvalue weighted by molar-refractivity contribution is -0.239. The molecule has 396 valence electrons. The number of ether oxygens (including phenoxy) is 7. The summed E-state index contributed by atoms with van der Waals surface area (Å²) < 4.78 is 45.2. The minimum Gasteiger partial charge on any atom is -0.459 e. The van der Waals surface area contributed by atoms with Gasteiger partial charge in [0.05, 0.1) is 43.1 Å². The Morgan fingerprint density at radius 2 is 1.01 bits per heavy atom. The number of esters is 1. The number of rotatable bonds is 31. The van der Waals surface area contributed by atoms with Crippen LogP contribution in [0.4, 0.5) is 9.59 Å². The van der Waals surface area contributed by atoms with E-state index in [4.69, 9.17) is 33.2 Å². The molecule has 0 radical (unpaired) electrons. The normalized spacial score (nSPS) is 20.8. The minimum atomic E-state index is -0.804. The van der Waals surface area contributed by atoms with E-state index in [9.17, 15) is 14.4 Å². The van der Waals surface area contributed by atoms with Crippen LogP contribution in [-0.4, -0.2) is 72.4 Å². The summed E-state index contributed by atoms with van der Waals surface area (Å²) in [6.45, 7) is 5.15. The van der Waals surface area contributed by atoms with Gasteiger partial charge >= 0.3 is 18.2 Å². The van der Waals surface area contributed by atoms with Crippen molar-refractivity contribution in [1.29, 1.82) is 0 Å². The van der Waals surface area contributed by atoms with Crippen LogP contribution in [-0.2, 0) is 59.5 Å². The number of amides is 1. The molecular formula is C63H79NO10. The van der Waals surface area contributed by atoms with Gasteiger partial charge in [-0.3, -0.25) is 4.90 Å². The Bertz CT molecular complexity index is 2340. The van der Waals surface area contributed by atoms with Gasteiger partial charge in [0.2, 0.25) is 0 Å². The van der Waals surface area contributed by atoms with Gasteiger partial charge in [-0.05, 0) is 60.1 Å². The Hall–Kier alpha value is -6.01. The van der Waals surface area contributed by atoms with E-state index in [2.05, 4.69) is 13.8 Å². The molecule has 11 nitrogen and oxygen atoms in total. The molecule has 1 amide bonds. The predicted molar refractivity (Wildman–Crippen MR) is 287 cm³/mol. The number of benzene rings is 5. The molecule has 0 N–H and O–H groups in total. The maximum absolute atomic E-state index is 14.8. The summed E-state index contributed by atoms with van der Waals surface area (Å²) in [5.41, 5.74) is 4.17. The van der Waals surface area contributed by atoms with Crippen LogP contribution in [0, 0.1) is 5.92 Å². The van der Waals surface area contributed by atoms with Crippen LogP contribution < -0.4 is 0 Å². The van der Waals surface area contributed by atoms with Gasteiger partial charge in [0.15, 0.2) is 6.10 Å². The zero-order valence-electron chi connectivity index (χ0n) is 43.7. The van der Waals surface area contributed by atoms with Crippen molar-refractivity contribution in [3.05, 3.63) is 179 Å². The topological polar surface area (TPSA) is 119 Å². The number of carbonyl (C=O) groups is 3. The Kier molecular flexibility index (Phi) is 23.4. The van der Waals surface area contributed by atoms with Gasteiger partial charge in [-0.2, -0.15) is 0 Å². The van der Waals surface area contributed by atoms with E-state index in [1.807, 2.05) is 127 Å². The van der Waals surface area contributed by atoms with E-state index in [-0.39, 0.29) is 25.7 Å². The number of cyclic esters (lactones) is 2. The Morgan fingerprint density at radius 1 is 0.527 bits per heavy atom. The predicted octanol–water partition coefficient (Wildman–Crippen LogP) is 14.4. The number of carbonyl (C=O) groups excluding carboxylic acids is 3. The smallest absolute Gasteiger partial charge is 0.459 e. The summed E-state index contributed by atoms with van der Waals surface area (Å²) in [5.74, 6) is -0.725. The van der Waals surface area contributed by atoms with Crippen LogP contribution >= 0.6 is 0 Å². The molecule has 2 aliphatic rings. The zero-order chi connectivity index (χ0) is 51.6. The molecule has 2 saturated heterocycles. The first-order valence-electron chi connectivity index (χ1n) is 27.4. The lowest BCUT2D eigenvalue weighted by Gasteiger charge is -2.46. The fraction of sp³-hybridized carbons (Fsp3) is 0.476. The summed E-state index contributed by atoms with van der Waals surface area (Å²) >= 11 is 0. The van der Waals surface area contributed by atoms with Crippen LogP contribution in [0.15, 0.2) is 152 Å². The molecule has 0 bridgehead atoms. The molecule has 0 spiro atoms. The van der Waals surface area contributed by atoms with Crippen LogP contribution in [0.1, 0.15) is 143 Å². The van der Waals surface area contributed by atoms with Crippen molar-refractivity contribution in [2.24, 2.45) is 5.92 Å². The van der Waals surface area contributed by atoms with Crippen LogP contribution in [0.25, 0.3) is 0 Å². The Balaban J connectivity index is 1.16. The highest BCUT2D eigenvalue weighted by atomic mass is 16.8. The third-order valence-corrected chi connectivity index (χ3v) is 14.5. The molecule has 0 aromatic heterocycles. The lowest BCUT2D eigenvalue weighted by atomic mass is 9.85. The first-order chi connectivity index (χ1) is 36.4. The van der Waals surface area contributed by atoms with E-state index in [1.54, 1.807) is 29.2 Å². The maximum Gasteiger partial charge on any atom is 0.509 e. The van der Waals surface area contributed by atoms with E-state index in [0.717, 1.165) is 41.5 Å². The molecule has 11 heteroatoms. The van der Waals surface area contributed by atoms with Crippen molar-refractivity contribution in [1.82, 2.24) is 4.90 Å². The van der Waals surface area contributed by atoms with Crippen molar-refractivity contribution in [3.8, 4) is 0 Å². The number of hydrogen-bond donors (Lipinski definition) is 0. The second-order valence-corrected chi connectivity index (χ2v) is 20.0. The van der Waals surface area contributed by atoms with Crippen molar-refractivity contribution in [2.45, 2.75) is 179 Å². The molecule has 2 fully saturated rings. The van der Waals surface area contributed by atoms with Crippen LogP contribution in [0.2, 0.25) is 0 Å². The fourth-order valence-corrected chi connectivity index (χ4v) is 10.2. The second-order valence-electron chi connectivity index (χ2n) is 20.0. The first kappa shape index (κ1) is 55.7. The second kappa shape index (κ2) is 31.0. The summed E-state index contributed by atoms with van der Waals surface area (Å²) in [5, 5.41) is 0. The molecule has 3 unspecified atom stereocenters. The van der Waals surface area contributed by atoms with Crippen molar-refractivity contribution >= 4 is 18.2 Å². The zero-order valence-corrected chi connectivity index (χ0v) is 43.7. The van der Waals surface area contributed by atoms with E-state index < -0.39 is 60.9 Å². The molecular weight excluding hydrogens is 931 g/mol. The van der Waals surface area contributed by atoms with E-state index >= 15 is 0 Å². The van der Waals surface area contributed by atoms with Gasteiger partial charge in [-0.1, -0.05) is 224 Å². The van der Waals surface area contributed by atoms with Gasteiger partial charge in [0.1, 0.15) is 25.4 Å². The van der Waals surface area contributed by atoms with Gasteiger partial charge < -0.3 is 33.2 Å². The highest BCUT2D eigenvalue weighted by molar-refractivity contribution is 5.89. The number of hydrogen-bond acceptors (Lipinski definition) is 10. The van der Waals surface area contributed by atoms with Gasteiger partial charge in [-0.15, -0.1) is 0 Å². The molecule has 5 aromatic carbocycles. The first-order valence-corrected chi connectivity index (χ1v) is 27.4. The molecule has 0 aliphatic carbocycles. The highest BCUT2D eigenvalue weighted by Crippen LogP contribution is 2.37. The van der Waals surface area contributed by atoms with E-state index in [1.165, 1.54) is 57.8 Å². The monoisotopic (exact) mass is 1010 g/mol. The molecule has 8 atom stereocenters. The quantitative estimate of drug-likeness (QED) is 0.0241. The minimum absolute atomic E-state index is 0.0213. The third-order valence-electron chi connectivity index (χ3n) is 14.5. The summed E-state index contributed by atoms with van der Waals surface area (Å²) in [6, 6.07) is 47.6. The standard InChI is InChI=1S/C63H79NO10/c1-3-4-5-6-7-8-9-10-11-12-13-29-40-55-59(74-63(67)73-55)54(64(43-49-30-19-14-20-31-49)62(66)71-46-52-36-25-17-26-37-52)41-42-56-60(69-45-51-34-23-16-24-35-51)58(68-44-50-32-21-15-22-33-50)48(2)57(72-56)47-70-61(65)53-38-27-18-28-39-53/h14-28,30-39,48,54-60H,3-13,29,40-47H2,1-2H3/t48-,54-,55?,56-,57?,58-,59-,60?/m0/s1. The largest absolute Gasteiger partial charge is 0.509 e. The Morgan fingerprint density at radius 3 is 1.57 bits per heavy atom. The third kappa shape index (κ3) is 17.8. The SMILES string of the molecule is CCCCCCCCCCCCCCC1OC(=O)O[C@H]1[C@H](CC[C@@H]1OC(COC(=O)c2ccccc2)[C@H](C)[C@H](OCc2ccccc2)C1OCc1ccccc1)N(Cc1ccccc1)C(=O)OCc1ccccc1. The maximum atomic E-state index is 14.8. The average Bonchev–Trinajstić information content (AvgIpc) is 3.81. The number of unbranched alkanes of at least 4 members (excludes halogenated alkanes) is 11. The van der Waals surface area contributed by atoms with Crippen molar-refractivity contribution in [2.75, 3.05) is 6.61 Å². The summed E-state index contributed by atoms with van der Waals surface area (Å²) in [6.07, 6.45) is 10.8. The van der Waals surface area contributed by atoms with Gasteiger partial charge in [0, 0.05) is 12.5 Å². The molecule has 0 saturated carbocycles. The van der Waals surface area contributed by atoms with Crippen molar-refractivity contribution < 1.29 is 47.5 Å². The Labute approximate surface area is 440 Å². The van der Waals surface area contributed by atoms with Gasteiger partial charge in [-0.25, -0.2) is 14.4 Å². The molecule has 2 aliphatic heterocycles. The van der Waals surface area contributed by atoms with Crippen molar-refractivity contribution in [3.63, 3.8) is 0 Å². The summed E-state index contributed by atoms with van der Waals surface area (Å²) in [7, 11) is 0. The highest BCUT2D eigenvalue weighted by Gasteiger charge is 2.49. The molecule has 7 rings (SSSR count). The number of nitrogens with zero attached hydrogens (tertiary/aromatic N) is 1. The molecule has 5 aromatic rings. The fourth-order valence-electron chi connectivity index (χ4n) is 10.2.